The van der Waals surface area contributed by atoms with E-state index in [-0.39, 0.29) is 23.8 Å². The van der Waals surface area contributed by atoms with Gasteiger partial charge in [-0.3, -0.25) is 9.59 Å². The number of carbonyl (C=O) groups is 3. The van der Waals surface area contributed by atoms with Crippen LogP contribution < -0.4 is 10.6 Å². The van der Waals surface area contributed by atoms with Gasteiger partial charge in [-0.2, -0.15) is 0 Å². The Morgan fingerprint density at radius 3 is 2.17 bits per heavy atom. The summed E-state index contributed by atoms with van der Waals surface area (Å²) in [4.78, 5) is 41.9. The molecule has 2 atom stereocenters. The lowest BCUT2D eigenvalue weighted by Gasteiger charge is -2.36. The summed E-state index contributed by atoms with van der Waals surface area (Å²) in [5.74, 6) is -0.350. The minimum absolute atomic E-state index is 0.0791. The van der Waals surface area contributed by atoms with E-state index in [1.54, 1.807) is 25.7 Å². The number of rotatable bonds is 11. The van der Waals surface area contributed by atoms with Gasteiger partial charge in [-0.05, 0) is 78.4 Å². The van der Waals surface area contributed by atoms with Gasteiger partial charge < -0.3 is 20.3 Å². The molecule has 0 saturated heterocycles. The molecule has 2 N–H and O–H groups in total. The topological polar surface area (TPSA) is 87.7 Å². The third-order valence-electron chi connectivity index (χ3n) is 5.45. The number of carbonyl (C=O) groups excluding carboxylic acids is 3. The van der Waals surface area contributed by atoms with Gasteiger partial charge in [0.1, 0.15) is 17.7 Å². The molecule has 0 aromatic heterocycles. The predicted molar refractivity (Wildman–Crippen MR) is 141 cm³/mol. The van der Waals surface area contributed by atoms with Gasteiger partial charge >= 0.3 is 6.09 Å². The van der Waals surface area contributed by atoms with Crippen LogP contribution in [0.4, 0.5) is 4.79 Å². The van der Waals surface area contributed by atoms with Crippen molar-refractivity contribution in [1.29, 1.82) is 0 Å². The molecule has 0 aliphatic heterocycles. The second-order valence-electron chi connectivity index (χ2n) is 11.1. The molecule has 0 radical (unpaired) electrons. The molecule has 7 nitrogen and oxygen atoms in total. The Morgan fingerprint density at radius 1 is 1.03 bits per heavy atom. The van der Waals surface area contributed by atoms with Crippen LogP contribution >= 0.6 is 0 Å². The summed E-state index contributed by atoms with van der Waals surface area (Å²) in [5, 5.41) is 5.80. The second kappa shape index (κ2) is 13.5. The van der Waals surface area contributed by atoms with Crippen molar-refractivity contribution in [1.82, 2.24) is 15.5 Å². The van der Waals surface area contributed by atoms with Crippen LogP contribution in [0.3, 0.4) is 0 Å². The van der Waals surface area contributed by atoms with E-state index in [0.29, 0.717) is 13.0 Å². The van der Waals surface area contributed by atoms with Gasteiger partial charge in [-0.1, -0.05) is 51.0 Å². The summed E-state index contributed by atoms with van der Waals surface area (Å²) in [6.07, 6.45) is 1.40. The van der Waals surface area contributed by atoms with Crippen LogP contribution in [0.15, 0.2) is 18.2 Å². The number of aryl methyl sites for hydroxylation is 2. The van der Waals surface area contributed by atoms with Crippen LogP contribution in [0, 0.1) is 19.8 Å². The Hall–Kier alpha value is -2.57. The lowest BCUT2D eigenvalue weighted by Crippen LogP contribution is -2.54. The van der Waals surface area contributed by atoms with Gasteiger partial charge in [0, 0.05) is 12.6 Å². The number of nitrogens with zero attached hydrogens (tertiary/aromatic N) is 1. The average Bonchev–Trinajstić information content (AvgIpc) is 2.69. The minimum atomic E-state index is -0.804. The zero-order chi connectivity index (χ0) is 26.9. The first-order chi connectivity index (χ1) is 16.2. The summed E-state index contributed by atoms with van der Waals surface area (Å²) < 4.78 is 5.44. The molecule has 1 aromatic carbocycles. The monoisotopic (exact) mass is 489 g/mol. The first-order valence-electron chi connectivity index (χ1n) is 12.8. The highest BCUT2D eigenvalue weighted by Gasteiger charge is 2.37. The largest absolute Gasteiger partial charge is 0.444 e. The average molecular weight is 490 g/mol. The molecule has 0 spiro atoms. The number of unbranched alkanes of at least 4 members (excludes halogenated alkanes) is 1. The molecule has 35 heavy (non-hydrogen) atoms. The summed E-state index contributed by atoms with van der Waals surface area (Å²) >= 11 is 0. The van der Waals surface area contributed by atoms with Crippen molar-refractivity contribution in [3.8, 4) is 0 Å². The number of amides is 3. The maximum absolute atomic E-state index is 14.1. The Bertz CT molecular complexity index is 858. The van der Waals surface area contributed by atoms with E-state index in [1.807, 2.05) is 66.7 Å². The molecule has 0 fully saturated rings. The fourth-order valence-corrected chi connectivity index (χ4v) is 3.91. The van der Waals surface area contributed by atoms with Crippen molar-refractivity contribution in [2.45, 2.75) is 112 Å². The minimum Gasteiger partial charge on any atom is -0.444 e. The highest BCUT2D eigenvalue weighted by molar-refractivity contribution is 5.92. The maximum Gasteiger partial charge on any atom is 0.408 e. The standard InChI is InChI=1S/C28H47N3O4/c1-11-12-15-31(26(33)23(16-18(2)3)30-27(34)35-28(8,9)10)24(25(32)29-19(4)5)22-17-20(6)13-14-21(22)7/h13-14,17-19,23-24H,11-12,15-16H2,1-10H3,(H,29,32)(H,30,34). The highest BCUT2D eigenvalue weighted by Crippen LogP contribution is 2.28. The third-order valence-corrected chi connectivity index (χ3v) is 5.45. The number of benzene rings is 1. The Morgan fingerprint density at radius 2 is 1.66 bits per heavy atom. The van der Waals surface area contributed by atoms with E-state index < -0.39 is 23.8 Å². The molecule has 7 heteroatoms. The second-order valence-corrected chi connectivity index (χ2v) is 11.1. The number of ether oxygens (including phenoxy) is 1. The normalized spacial score (nSPS) is 13.4. The lowest BCUT2D eigenvalue weighted by atomic mass is 9.94. The van der Waals surface area contributed by atoms with E-state index >= 15 is 0 Å². The molecule has 3 amide bonds. The summed E-state index contributed by atoms with van der Waals surface area (Å²) in [6, 6.07) is 4.27. The Kier molecular flexibility index (Phi) is 11.7. The first-order valence-corrected chi connectivity index (χ1v) is 12.8. The van der Waals surface area contributed by atoms with Crippen LogP contribution in [0.25, 0.3) is 0 Å². The van der Waals surface area contributed by atoms with Gasteiger partial charge in [0.05, 0.1) is 0 Å². The molecule has 0 bridgehead atoms. The van der Waals surface area contributed by atoms with E-state index in [2.05, 4.69) is 10.6 Å². The molecule has 0 saturated carbocycles. The number of hydrogen-bond donors (Lipinski definition) is 2. The van der Waals surface area contributed by atoms with Crippen molar-refractivity contribution >= 4 is 17.9 Å². The smallest absolute Gasteiger partial charge is 0.408 e. The molecule has 1 aromatic rings. The number of hydrogen-bond acceptors (Lipinski definition) is 4. The van der Waals surface area contributed by atoms with E-state index in [4.69, 9.17) is 4.74 Å². The van der Waals surface area contributed by atoms with Crippen LogP contribution in [-0.4, -0.2) is 47.0 Å². The summed E-state index contributed by atoms with van der Waals surface area (Å²) in [6.45, 7) is 19.6. The zero-order valence-corrected chi connectivity index (χ0v) is 23.5. The first kappa shape index (κ1) is 30.5. The van der Waals surface area contributed by atoms with Gasteiger partial charge in [0.15, 0.2) is 0 Å². The molecule has 0 heterocycles. The Balaban J connectivity index is 3.53. The van der Waals surface area contributed by atoms with E-state index in [9.17, 15) is 14.4 Å². The molecule has 2 unspecified atom stereocenters. The van der Waals surface area contributed by atoms with Gasteiger partial charge in [-0.15, -0.1) is 0 Å². The van der Waals surface area contributed by atoms with Gasteiger partial charge in [0.25, 0.3) is 0 Å². The van der Waals surface area contributed by atoms with Crippen LogP contribution in [0.5, 0.6) is 0 Å². The quantitative estimate of drug-likeness (QED) is 0.433. The summed E-state index contributed by atoms with van der Waals surface area (Å²) in [7, 11) is 0. The molecule has 1 rings (SSSR count). The van der Waals surface area contributed by atoms with Crippen molar-refractivity contribution in [3.05, 3.63) is 34.9 Å². The van der Waals surface area contributed by atoms with Crippen LogP contribution in [-0.2, 0) is 14.3 Å². The van der Waals surface area contributed by atoms with E-state index in [1.165, 1.54) is 0 Å². The zero-order valence-electron chi connectivity index (χ0n) is 23.5. The Labute approximate surface area is 212 Å². The molecule has 198 valence electrons. The fourth-order valence-electron chi connectivity index (χ4n) is 3.91. The van der Waals surface area contributed by atoms with E-state index in [0.717, 1.165) is 29.5 Å². The molecular formula is C28H47N3O4. The lowest BCUT2D eigenvalue weighted by molar-refractivity contribution is -0.143. The predicted octanol–water partition coefficient (Wildman–Crippen LogP) is 5.44. The SMILES string of the molecule is CCCCN(C(=O)C(CC(C)C)NC(=O)OC(C)(C)C)C(C(=O)NC(C)C)c1cc(C)ccc1C. The molecule has 0 aliphatic rings. The molecular weight excluding hydrogens is 442 g/mol. The fraction of sp³-hybridized carbons (Fsp3) is 0.679. The molecule has 0 aliphatic carbocycles. The van der Waals surface area contributed by atoms with Crippen LogP contribution in [0.1, 0.15) is 97.4 Å². The van der Waals surface area contributed by atoms with Gasteiger partial charge in [0.2, 0.25) is 11.8 Å². The summed E-state index contributed by atoms with van der Waals surface area (Å²) in [5.41, 5.74) is 2.07. The van der Waals surface area contributed by atoms with Crippen molar-refractivity contribution < 1.29 is 19.1 Å². The maximum atomic E-state index is 14.1. The number of nitrogens with one attached hydrogen (secondary N) is 2. The number of alkyl carbamates (subject to hydrolysis) is 1. The third kappa shape index (κ3) is 10.3. The van der Waals surface area contributed by atoms with Crippen molar-refractivity contribution in [2.75, 3.05) is 6.54 Å². The van der Waals surface area contributed by atoms with Crippen molar-refractivity contribution in [2.24, 2.45) is 5.92 Å². The van der Waals surface area contributed by atoms with Gasteiger partial charge in [-0.25, -0.2) is 4.79 Å². The highest BCUT2D eigenvalue weighted by atomic mass is 16.6. The van der Waals surface area contributed by atoms with Crippen LogP contribution in [0.2, 0.25) is 0 Å². The van der Waals surface area contributed by atoms with Crippen molar-refractivity contribution in [3.63, 3.8) is 0 Å².